The molecule has 0 atom stereocenters. The van der Waals surface area contributed by atoms with Crippen molar-refractivity contribution < 1.29 is 35.3 Å². The summed E-state index contributed by atoms with van der Waals surface area (Å²) >= 11 is 0. The highest BCUT2D eigenvalue weighted by atomic mass is 32.2. The zero-order chi connectivity index (χ0) is 18.6. The highest BCUT2D eigenvalue weighted by Crippen LogP contribution is 2.26. The van der Waals surface area contributed by atoms with Crippen LogP contribution in [0, 0.1) is 5.92 Å². The molecule has 0 unspecified atom stereocenters. The second-order valence-corrected chi connectivity index (χ2v) is 8.61. The predicted octanol–water partition coefficient (Wildman–Crippen LogP) is 2.98. The van der Waals surface area contributed by atoms with Crippen molar-refractivity contribution in [1.82, 2.24) is 5.32 Å². The van der Waals surface area contributed by atoms with Crippen molar-refractivity contribution in [2.24, 2.45) is 5.92 Å². The molecule has 0 heterocycles. The van der Waals surface area contributed by atoms with Crippen LogP contribution >= 0.6 is 0 Å². The van der Waals surface area contributed by atoms with Crippen LogP contribution in [0.25, 0.3) is 0 Å². The van der Waals surface area contributed by atoms with E-state index >= 15 is 0 Å². The maximum atomic E-state index is 12.1. The summed E-state index contributed by atoms with van der Waals surface area (Å²) in [6.07, 6.45) is -3.04. The number of halogens is 3. The van der Waals surface area contributed by atoms with Gasteiger partial charge in [0.25, 0.3) is 10.1 Å². The van der Waals surface area contributed by atoms with Gasteiger partial charge in [0, 0.05) is 6.04 Å². The second-order valence-electron chi connectivity index (χ2n) is 6.97. The molecule has 1 aliphatic rings. The van der Waals surface area contributed by atoms with Crippen molar-refractivity contribution in [3.8, 4) is 0 Å². The Balaban J connectivity index is 2.32. The molecule has 1 fully saturated rings. The molecule has 1 rings (SSSR count). The largest absolute Gasteiger partial charge is 0.444 e. The number of hydrogen-bond acceptors (Lipinski definition) is 5. The average Bonchev–Trinajstić information content (AvgIpc) is 2.32. The van der Waals surface area contributed by atoms with Crippen molar-refractivity contribution in [3.63, 3.8) is 0 Å². The molecule has 0 spiro atoms. The molecule has 1 saturated carbocycles. The number of carbonyl (C=O) groups is 1. The summed E-state index contributed by atoms with van der Waals surface area (Å²) in [6.45, 7) is 4.99. The van der Waals surface area contributed by atoms with Gasteiger partial charge in [-0.05, 0) is 52.4 Å². The molecule has 0 radical (unpaired) electrons. The first-order chi connectivity index (χ1) is 10.8. The summed E-state index contributed by atoms with van der Waals surface area (Å²) in [4.78, 5) is 11.7. The fourth-order valence-electron chi connectivity index (χ4n) is 2.39. The molecular formula is C14H24F3NO5S. The van der Waals surface area contributed by atoms with Crippen LogP contribution in [-0.4, -0.2) is 44.7 Å². The quantitative estimate of drug-likeness (QED) is 0.747. The number of hydrogen-bond donors (Lipinski definition) is 1. The Hall–Kier alpha value is -1.03. The van der Waals surface area contributed by atoms with Gasteiger partial charge in [0.2, 0.25) is 0 Å². The molecule has 1 aliphatic carbocycles. The van der Waals surface area contributed by atoms with Crippen LogP contribution in [0.15, 0.2) is 0 Å². The monoisotopic (exact) mass is 375 g/mol. The van der Waals surface area contributed by atoms with Gasteiger partial charge in [-0.3, -0.25) is 4.18 Å². The van der Waals surface area contributed by atoms with E-state index in [1.807, 2.05) is 0 Å². The topological polar surface area (TPSA) is 81.7 Å². The molecule has 1 N–H and O–H groups in total. The molecule has 10 heteroatoms. The van der Waals surface area contributed by atoms with Crippen molar-refractivity contribution in [1.29, 1.82) is 0 Å². The SMILES string of the molecule is CC(C)(C)OC(=O)NC1CCC(COS(=O)(=O)CC(F)(F)F)CC1. The van der Waals surface area contributed by atoms with E-state index in [-0.39, 0.29) is 18.6 Å². The van der Waals surface area contributed by atoms with Gasteiger partial charge in [-0.25, -0.2) is 4.79 Å². The Morgan fingerprint density at radius 3 is 2.12 bits per heavy atom. The number of rotatable bonds is 5. The molecule has 0 aromatic carbocycles. The number of ether oxygens (including phenoxy) is 1. The molecule has 6 nitrogen and oxygen atoms in total. The number of nitrogens with one attached hydrogen (secondary N) is 1. The van der Waals surface area contributed by atoms with E-state index in [0.717, 1.165) is 0 Å². The van der Waals surface area contributed by atoms with Crippen molar-refractivity contribution in [3.05, 3.63) is 0 Å². The van der Waals surface area contributed by atoms with Crippen LogP contribution in [-0.2, 0) is 19.0 Å². The van der Waals surface area contributed by atoms with Crippen molar-refractivity contribution in [2.45, 2.75) is 64.3 Å². The third-order valence-corrected chi connectivity index (χ3v) is 4.57. The number of alkyl carbamates (subject to hydrolysis) is 1. The first-order valence-electron chi connectivity index (χ1n) is 7.69. The van der Waals surface area contributed by atoms with Crippen LogP contribution in [0.1, 0.15) is 46.5 Å². The van der Waals surface area contributed by atoms with Gasteiger partial charge in [-0.1, -0.05) is 0 Å². The maximum Gasteiger partial charge on any atom is 0.407 e. The average molecular weight is 375 g/mol. The Labute approximate surface area is 140 Å². The fraction of sp³-hybridized carbons (Fsp3) is 0.929. The van der Waals surface area contributed by atoms with Gasteiger partial charge in [-0.15, -0.1) is 0 Å². The van der Waals surface area contributed by atoms with E-state index in [1.54, 1.807) is 20.8 Å². The third-order valence-electron chi connectivity index (χ3n) is 3.39. The lowest BCUT2D eigenvalue weighted by Gasteiger charge is -2.29. The van der Waals surface area contributed by atoms with Gasteiger partial charge in [0.1, 0.15) is 5.60 Å². The molecule has 0 bridgehead atoms. The Bertz CT molecular complexity index is 520. The van der Waals surface area contributed by atoms with Gasteiger partial charge >= 0.3 is 12.3 Å². The van der Waals surface area contributed by atoms with Crippen molar-refractivity contribution >= 4 is 16.2 Å². The Kier molecular flexibility index (Phi) is 6.92. The summed E-state index contributed by atoms with van der Waals surface area (Å²) in [6, 6.07) is -0.0946. The van der Waals surface area contributed by atoms with Crippen molar-refractivity contribution in [2.75, 3.05) is 12.4 Å². The Morgan fingerprint density at radius 2 is 1.67 bits per heavy atom. The fourth-order valence-corrected chi connectivity index (χ4v) is 3.27. The molecule has 0 aromatic rings. The normalized spacial score (nSPS) is 22.9. The lowest BCUT2D eigenvalue weighted by atomic mass is 9.87. The van der Waals surface area contributed by atoms with Crippen LogP contribution in [0.5, 0.6) is 0 Å². The minimum absolute atomic E-state index is 0.0946. The molecule has 0 aliphatic heterocycles. The van der Waals surface area contributed by atoms with E-state index in [9.17, 15) is 26.4 Å². The van der Waals surface area contributed by atoms with E-state index in [4.69, 9.17) is 4.74 Å². The van der Waals surface area contributed by atoms with E-state index < -0.39 is 33.7 Å². The summed E-state index contributed by atoms with van der Waals surface area (Å²) in [5, 5.41) is 2.73. The maximum absolute atomic E-state index is 12.1. The van der Waals surface area contributed by atoms with E-state index in [0.29, 0.717) is 25.7 Å². The summed E-state index contributed by atoms with van der Waals surface area (Å²) in [5.41, 5.74) is -0.595. The first kappa shape index (κ1) is 21.0. The molecule has 0 saturated heterocycles. The molecule has 24 heavy (non-hydrogen) atoms. The van der Waals surface area contributed by atoms with Crippen LogP contribution < -0.4 is 5.32 Å². The van der Waals surface area contributed by atoms with Gasteiger partial charge in [0.05, 0.1) is 6.61 Å². The minimum Gasteiger partial charge on any atom is -0.444 e. The van der Waals surface area contributed by atoms with Gasteiger partial charge in [0.15, 0.2) is 5.75 Å². The third kappa shape index (κ3) is 9.31. The Morgan fingerprint density at radius 1 is 1.12 bits per heavy atom. The number of carbonyl (C=O) groups excluding carboxylic acids is 1. The van der Waals surface area contributed by atoms with E-state index in [1.165, 1.54) is 0 Å². The summed E-state index contributed by atoms with van der Waals surface area (Å²) in [7, 11) is -4.61. The van der Waals surface area contributed by atoms with Gasteiger partial charge in [-0.2, -0.15) is 21.6 Å². The molecule has 1 amide bonds. The van der Waals surface area contributed by atoms with E-state index in [2.05, 4.69) is 9.50 Å². The highest BCUT2D eigenvalue weighted by molar-refractivity contribution is 7.86. The lowest BCUT2D eigenvalue weighted by Crippen LogP contribution is -2.41. The number of alkyl halides is 3. The second kappa shape index (κ2) is 7.90. The standard InChI is InChI=1S/C14H24F3NO5S/c1-13(2,3)23-12(19)18-11-6-4-10(5-7-11)8-22-24(20,21)9-14(15,16)17/h10-11H,4-9H2,1-3H3,(H,18,19). The summed E-state index contributed by atoms with van der Waals surface area (Å²) in [5.74, 6) is -2.13. The smallest absolute Gasteiger partial charge is 0.407 e. The zero-order valence-corrected chi connectivity index (χ0v) is 14.8. The van der Waals surface area contributed by atoms with Gasteiger partial charge < -0.3 is 10.1 Å². The first-order valence-corrected chi connectivity index (χ1v) is 9.27. The predicted molar refractivity (Wildman–Crippen MR) is 80.9 cm³/mol. The molecule has 0 aromatic heterocycles. The zero-order valence-electron chi connectivity index (χ0n) is 14.0. The molecule has 142 valence electrons. The highest BCUT2D eigenvalue weighted by Gasteiger charge is 2.36. The minimum atomic E-state index is -4.81. The number of amides is 1. The van der Waals surface area contributed by atoms with Crippen LogP contribution in [0.4, 0.5) is 18.0 Å². The lowest BCUT2D eigenvalue weighted by molar-refractivity contribution is -0.107. The molecular weight excluding hydrogens is 351 g/mol. The summed E-state index contributed by atoms with van der Waals surface area (Å²) < 4.78 is 68.3. The van der Waals surface area contributed by atoms with Crippen LogP contribution in [0.3, 0.4) is 0 Å². The van der Waals surface area contributed by atoms with Crippen LogP contribution in [0.2, 0.25) is 0 Å².